The molecule has 4 fully saturated rings. The fourth-order valence-corrected chi connectivity index (χ4v) is 8.94. The van der Waals surface area contributed by atoms with E-state index in [0.717, 1.165) is 44.1 Å². The van der Waals surface area contributed by atoms with Crippen LogP contribution in [0.4, 0.5) is 0 Å². The van der Waals surface area contributed by atoms with Crippen molar-refractivity contribution in [3.63, 3.8) is 0 Å². The van der Waals surface area contributed by atoms with E-state index in [9.17, 15) is 14.7 Å². The van der Waals surface area contributed by atoms with E-state index >= 15 is 0 Å². The summed E-state index contributed by atoms with van der Waals surface area (Å²) in [5.41, 5.74) is 1.32. The number of hydrogen-bond acceptors (Lipinski definition) is 4. The van der Waals surface area contributed by atoms with Crippen LogP contribution in [0.2, 0.25) is 0 Å². The van der Waals surface area contributed by atoms with Crippen molar-refractivity contribution in [2.75, 3.05) is 6.61 Å². The number of aliphatic hydroxyl groups excluding tert-OH is 1. The predicted molar refractivity (Wildman–Crippen MR) is 126 cm³/mol. The average molecular weight is 445 g/mol. The molecule has 0 aromatic rings. The lowest BCUT2D eigenvalue weighted by Gasteiger charge is -2.61. The number of aliphatic hydroxyl groups is 1. The van der Waals surface area contributed by atoms with Crippen molar-refractivity contribution in [1.82, 2.24) is 0 Å². The molecule has 4 heteroatoms. The Hall–Kier alpha value is -1.16. The lowest BCUT2D eigenvalue weighted by Crippen LogP contribution is -2.58. The predicted octanol–water partition coefficient (Wildman–Crippen LogP) is 5.72. The van der Waals surface area contributed by atoms with E-state index in [4.69, 9.17) is 4.74 Å². The normalized spacial score (nSPS) is 45.7. The number of ether oxygens (including phenoxy) is 1. The van der Waals surface area contributed by atoms with Crippen molar-refractivity contribution in [3.8, 4) is 0 Å². The van der Waals surface area contributed by atoms with Crippen LogP contribution in [0.25, 0.3) is 0 Å². The summed E-state index contributed by atoms with van der Waals surface area (Å²) in [4.78, 5) is 25.9. The number of Topliss-reactive ketones (excluding diaryl/α,β-unsaturated/α-hetero) is 1. The number of ketones is 1. The van der Waals surface area contributed by atoms with Gasteiger partial charge in [0.1, 0.15) is 0 Å². The van der Waals surface area contributed by atoms with E-state index < -0.39 is 0 Å². The molecular weight excluding hydrogens is 400 g/mol. The Morgan fingerprint density at radius 3 is 2.53 bits per heavy atom. The highest BCUT2D eigenvalue weighted by Gasteiger charge is 2.64. The Balaban J connectivity index is 1.57. The number of carbonyl (C=O) groups is 2. The molecule has 0 saturated heterocycles. The highest BCUT2D eigenvalue weighted by atomic mass is 16.5. The number of fused-ring (bicyclic) bond motifs is 5. The lowest BCUT2D eigenvalue weighted by molar-refractivity contribution is -0.150. The van der Waals surface area contributed by atoms with Crippen LogP contribution in [0, 0.1) is 46.3 Å². The number of rotatable bonds is 5. The average Bonchev–Trinajstić information content (AvgIpc) is 3.11. The van der Waals surface area contributed by atoms with Gasteiger partial charge in [-0.1, -0.05) is 26.8 Å². The third-order valence-corrected chi connectivity index (χ3v) is 10.6. The summed E-state index contributed by atoms with van der Waals surface area (Å²) in [7, 11) is 0. The molecule has 0 bridgehead atoms. The Morgan fingerprint density at radius 2 is 1.84 bits per heavy atom. The van der Waals surface area contributed by atoms with Gasteiger partial charge < -0.3 is 9.84 Å². The van der Waals surface area contributed by atoms with E-state index in [2.05, 4.69) is 26.8 Å². The first-order chi connectivity index (χ1) is 15.2. The first-order valence-corrected chi connectivity index (χ1v) is 13.2. The molecule has 4 aliphatic rings. The van der Waals surface area contributed by atoms with Crippen molar-refractivity contribution in [2.24, 2.45) is 46.3 Å². The molecule has 180 valence electrons. The zero-order valence-corrected chi connectivity index (χ0v) is 20.9. The molecule has 0 aromatic heterocycles. The molecular formula is C28H44O4. The molecule has 4 rings (SSSR count). The maximum atomic E-state index is 13.9. The minimum Gasteiger partial charge on any atom is -0.466 e. The number of hydrogen-bond donors (Lipinski definition) is 1. The lowest BCUT2D eigenvalue weighted by atomic mass is 9.43. The van der Waals surface area contributed by atoms with E-state index in [0.29, 0.717) is 42.5 Å². The van der Waals surface area contributed by atoms with Gasteiger partial charge in [0.2, 0.25) is 0 Å². The number of carbonyl (C=O) groups excluding carboxylic acids is 2. The first-order valence-electron chi connectivity index (χ1n) is 13.2. The summed E-state index contributed by atoms with van der Waals surface area (Å²) in [6.07, 6.45) is 10.5. The van der Waals surface area contributed by atoms with Crippen molar-refractivity contribution >= 4 is 11.8 Å². The molecule has 4 saturated carbocycles. The molecule has 1 N–H and O–H groups in total. The van der Waals surface area contributed by atoms with Crippen molar-refractivity contribution in [3.05, 3.63) is 11.6 Å². The molecule has 0 amide bonds. The molecule has 0 aliphatic heterocycles. The maximum Gasteiger partial charge on any atom is 0.305 e. The van der Waals surface area contributed by atoms with Gasteiger partial charge in [0.15, 0.2) is 5.78 Å². The second kappa shape index (κ2) is 8.89. The van der Waals surface area contributed by atoms with Gasteiger partial charge >= 0.3 is 5.97 Å². The van der Waals surface area contributed by atoms with Crippen molar-refractivity contribution in [2.45, 2.75) is 98.5 Å². The van der Waals surface area contributed by atoms with Crippen molar-refractivity contribution in [1.29, 1.82) is 0 Å². The van der Waals surface area contributed by atoms with Gasteiger partial charge in [0, 0.05) is 12.3 Å². The summed E-state index contributed by atoms with van der Waals surface area (Å²) < 4.78 is 5.16. The summed E-state index contributed by atoms with van der Waals surface area (Å²) in [5, 5.41) is 10.4. The van der Waals surface area contributed by atoms with Gasteiger partial charge in [-0.05, 0) is 111 Å². The van der Waals surface area contributed by atoms with Gasteiger partial charge in [0.25, 0.3) is 0 Å². The van der Waals surface area contributed by atoms with Gasteiger partial charge in [-0.15, -0.1) is 0 Å². The van der Waals surface area contributed by atoms with Crippen LogP contribution in [-0.2, 0) is 14.3 Å². The van der Waals surface area contributed by atoms with Crippen LogP contribution in [0.1, 0.15) is 92.4 Å². The molecule has 9 atom stereocenters. The molecule has 0 spiro atoms. The van der Waals surface area contributed by atoms with Crippen LogP contribution < -0.4 is 0 Å². The van der Waals surface area contributed by atoms with Crippen LogP contribution in [-0.4, -0.2) is 29.6 Å². The van der Waals surface area contributed by atoms with Gasteiger partial charge in [-0.3, -0.25) is 9.59 Å². The Bertz CT molecular complexity index is 771. The van der Waals surface area contributed by atoms with Gasteiger partial charge in [-0.25, -0.2) is 0 Å². The van der Waals surface area contributed by atoms with E-state index in [1.807, 2.05) is 13.8 Å². The van der Waals surface area contributed by atoms with Gasteiger partial charge in [-0.2, -0.15) is 0 Å². The quantitative estimate of drug-likeness (QED) is 0.435. The Morgan fingerprint density at radius 1 is 1.16 bits per heavy atom. The fraction of sp³-hybridized carbons (Fsp3) is 0.857. The molecule has 0 aromatic carbocycles. The van der Waals surface area contributed by atoms with E-state index in [-0.39, 0.29) is 34.7 Å². The second-order valence-corrected chi connectivity index (χ2v) is 11.9. The minimum absolute atomic E-state index is 0.0820. The summed E-state index contributed by atoms with van der Waals surface area (Å²) in [6, 6.07) is 0. The minimum atomic E-state index is -0.266. The number of allylic oxidation sites excluding steroid dienone is 2. The van der Waals surface area contributed by atoms with Crippen molar-refractivity contribution < 1.29 is 19.4 Å². The smallest absolute Gasteiger partial charge is 0.305 e. The standard InChI is InChI=1S/C28H44O4/c1-6-19-23-16-18(29)12-14-28(23,5)22-13-15-27(4)20(9-10-21(27)25(22)26(19)31)17(3)8-11-24(30)32-7-2/h6,17-18,20-23,25,29H,7-16H2,1-5H3/b19-6+/t17?,18-,20-,21+,22+,23+,25+,27-,28-/m1/s1. The van der Waals surface area contributed by atoms with Gasteiger partial charge in [0.05, 0.1) is 12.7 Å². The van der Waals surface area contributed by atoms with Crippen LogP contribution >= 0.6 is 0 Å². The third-order valence-electron chi connectivity index (χ3n) is 10.6. The topological polar surface area (TPSA) is 63.6 Å². The molecule has 0 heterocycles. The zero-order chi connectivity index (χ0) is 23.3. The molecule has 0 radical (unpaired) electrons. The SMILES string of the molecule is C/C=C1/C(=O)[C@@H]2[C@H](CC[C@]3(C)[C@@H](C(C)CCC(=O)OCC)CC[C@@H]23)[C@@]2(C)CC[C@@H](O)C[C@@H]12. The monoisotopic (exact) mass is 444 g/mol. The summed E-state index contributed by atoms with van der Waals surface area (Å²) in [5.74, 6) is 2.61. The first kappa shape index (κ1) is 24.0. The van der Waals surface area contributed by atoms with Crippen LogP contribution in [0.5, 0.6) is 0 Å². The molecule has 4 aliphatic carbocycles. The Kier molecular flexibility index (Phi) is 6.66. The maximum absolute atomic E-state index is 13.9. The number of esters is 1. The molecule has 4 nitrogen and oxygen atoms in total. The molecule has 1 unspecified atom stereocenters. The molecule has 32 heavy (non-hydrogen) atoms. The highest BCUT2D eigenvalue weighted by Crippen LogP contribution is 2.68. The summed E-state index contributed by atoms with van der Waals surface area (Å²) in [6.45, 7) is 11.5. The Labute approximate surface area is 194 Å². The largest absolute Gasteiger partial charge is 0.466 e. The van der Waals surface area contributed by atoms with Crippen LogP contribution in [0.15, 0.2) is 11.6 Å². The zero-order valence-electron chi connectivity index (χ0n) is 20.9. The fourth-order valence-electron chi connectivity index (χ4n) is 8.94. The summed E-state index contributed by atoms with van der Waals surface area (Å²) >= 11 is 0. The van der Waals surface area contributed by atoms with Crippen LogP contribution in [0.3, 0.4) is 0 Å². The highest BCUT2D eigenvalue weighted by molar-refractivity contribution is 5.99. The third kappa shape index (κ3) is 3.69. The second-order valence-electron chi connectivity index (χ2n) is 11.9. The van der Waals surface area contributed by atoms with E-state index in [1.54, 1.807) is 0 Å². The van der Waals surface area contributed by atoms with E-state index in [1.165, 1.54) is 12.8 Å².